The molecule has 0 aliphatic heterocycles. The van der Waals surface area contributed by atoms with Crippen molar-refractivity contribution in [3.8, 4) is 0 Å². The van der Waals surface area contributed by atoms with E-state index >= 15 is 0 Å². The lowest BCUT2D eigenvalue weighted by Gasteiger charge is -2.19. The maximum Gasteiger partial charge on any atom is 0.338 e. The molecule has 0 fully saturated rings. The summed E-state index contributed by atoms with van der Waals surface area (Å²) in [4.78, 5) is 30.0. The van der Waals surface area contributed by atoms with Crippen molar-refractivity contribution < 1.29 is 19.2 Å². The van der Waals surface area contributed by atoms with E-state index in [0.717, 1.165) is 26.5 Å². The number of ether oxygens (including phenoxy) is 1. The molecule has 1 unspecified atom stereocenters. The Morgan fingerprint density at radius 2 is 1.90 bits per heavy atom. The van der Waals surface area contributed by atoms with Gasteiger partial charge in [-0.15, -0.1) is 11.3 Å². The Labute approximate surface area is 174 Å². The van der Waals surface area contributed by atoms with Crippen molar-refractivity contribution >= 4 is 39.1 Å². The van der Waals surface area contributed by atoms with E-state index in [1.54, 1.807) is 35.6 Å². The molecule has 0 spiro atoms. The van der Waals surface area contributed by atoms with Crippen LogP contribution in [0.4, 0.5) is 5.69 Å². The van der Waals surface area contributed by atoms with E-state index in [2.05, 4.69) is 18.3 Å². The van der Waals surface area contributed by atoms with E-state index in [4.69, 9.17) is 9.72 Å². The predicted molar refractivity (Wildman–Crippen MR) is 115 cm³/mol. The zero-order valence-corrected chi connectivity index (χ0v) is 17.7. The van der Waals surface area contributed by atoms with Gasteiger partial charge in [-0.05, 0) is 49.7 Å². The smallest absolute Gasteiger partial charge is 0.338 e. The summed E-state index contributed by atoms with van der Waals surface area (Å²) in [5.74, 6) is -0.435. The summed E-state index contributed by atoms with van der Waals surface area (Å²) >= 11 is 1.67. The molecule has 0 aliphatic rings. The summed E-state index contributed by atoms with van der Waals surface area (Å²) in [6, 6.07) is 14.9. The number of hydrogen-bond acceptors (Lipinski definition) is 5. The summed E-state index contributed by atoms with van der Waals surface area (Å²) in [6.45, 7) is 4.75. The Morgan fingerprint density at radius 3 is 2.59 bits per heavy atom. The van der Waals surface area contributed by atoms with E-state index in [-0.39, 0.29) is 17.9 Å². The zero-order valence-electron chi connectivity index (χ0n) is 16.9. The minimum atomic E-state index is -0.349. The lowest BCUT2D eigenvalue weighted by molar-refractivity contribution is -0.902. The Bertz CT molecular complexity index is 951. The molecule has 0 saturated heterocycles. The van der Waals surface area contributed by atoms with E-state index in [1.165, 1.54) is 0 Å². The lowest BCUT2D eigenvalue weighted by Crippen LogP contribution is -3.10. The zero-order chi connectivity index (χ0) is 20.8. The number of anilines is 1. The fraction of sp³-hybridized carbons (Fsp3) is 0.318. The van der Waals surface area contributed by atoms with Crippen LogP contribution in [0.3, 0.4) is 0 Å². The Morgan fingerprint density at radius 1 is 1.17 bits per heavy atom. The number of esters is 1. The molecule has 1 heterocycles. The second-order valence-corrected chi connectivity index (χ2v) is 8.09. The number of carbonyl (C=O) groups excluding carboxylic acids is 2. The molecule has 1 amide bonds. The highest BCUT2D eigenvalue weighted by Gasteiger charge is 2.22. The number of fused-ring (bicyclic) bond motifs is 1. The van der Waals surface area contributed by atoms with Gasteiger partial charge in [0.2, 0.25) is 0 Å². The first-order valence-corrected chi connectivity index (χ1v) is 10.5. The Balaban J connectivity index is 1.56. The molecular weight excluding hydrogens is 386 g/mol. The first kappa shape index (κ1) is 21.0. The van der Waals surface area contributed by atoms with Crippen LogP contribution in [-0.4, -0.2) is 37.1 Å². The summed E-state index contributed by atoms with van der Waals surface area (Å²) in [6.07, 6.45) is 0.783. The van der Waals surface area contributed by atoms with Crippen molar-refractivity contribution in [2.75, 3.05) is 25.5 Å². The highest BCUT2D eigenvalue weighted by molar-refractivity contribution is 7.18. The van der Waals surface area contributed by atoms with Gasteiger partial charge in [0.25, 0.3) is 5.91 Å². The molecule has 3 aromatic rings. The summed E-state index contributed by atoms with van der Waals surface area (Å²) in [5, 5.41) is 3.91. The van der Waals surface area contributed by atoms with Crippen LogP contribution < -0.4 is 10.2 Å². The number of rotatable bonds is 8. The number of thiazole rings is 1. The summed E-state index contributed by atoms with van der Waals surface area (Å²) in [7, 11) is 1.99. The molecule has 2 N–H and O–H groups in total. The van der Waals surface area contributed by atoms with Gasteiger partial charge in [-0.3, -0.25) is 4.79 Å². The minimum absolute atomic E-state index is 0.0863. The highest BCUT2D eigenvalue weighted by Crippen LogP contribution is 2.24. The van der Waals surface area contributed by atoms with Gasteiger partial charge in [-0.1, -0.05) is 19.1 Å². The minimum Gasteiger partial charge on any atom is -0.462 e. The van der Waals surface area contributed by atoms with Crippen molar-refractivity contribution in [2.45, 2.75) is 26.3 Å². The van der Waals surface area contributed by atoms with E-state index < -0.39 is 0 Å². The number of hydrogen-bond donors (Lipinski definition) is 2. The quantitative estimate of drug-likeness (QED) is 0.558. The average Bonchev–Trinajstić information content (AvgIpc) is 3.16. The van der Waals surface area contributed by atoms with E-state index in [1.807, 2.05) is 32.2 Å². The van der Waals surface area contributed by atoms with Gasteiger partial charge in [0.05, 0.1) is 29.4 Å². The van der Waals surface area contributed by atoms with Gasteiger partial charge >= 0.3 is 5.97 Å². The fourth-order valence-electron chi connectivity index (χ4n) is 2.87. The van der Waals surface area contributed by atoms with Crippen LogP contribution in [0.2, 0.25) is 0 Å². The number of quaternary nitrogens is 1. The van der Waals surface area contributed by atoms with Crippen molar-refractivity contribution in [1.82, 2.24) is 4.98 Å². The molecular formula is C22H26N3O3S+. The third kappa shape index (κ3) is 5.40. The van der Waals surface area contributed by atoms with E-state index in [0.29, 0.717) is 24.4 Å². The predicted octanol–water partition coefficient (Wildman–Crippen LogP) is 3.08. The Hall–Kier alpha value is -2.77. The molecule has 7 heteroatoms. The average molecular weight is 413 g/mol. The molecule has 2 aromatic carbocycles. The standard InChI is InChI=1S/C22H25N3O3S/c1-4-13-28-22(27)16-9-11-17(12-10-16)23-20(26)14-25(3)15(2)21-24-18-7-5-6-8-19(18)29-21/h5-12,15H,4,13-14H2,1-3H3,(H,23,26)/p+1/t15-/m0/s1. The van der Waals surface area contributed by atoms with Crippen molar-refractivity contribution in [3.63, 3.8) is 0 Å². The van der Waals surface area contributed by atoms with Gasteiger partial charge in [0, 0.05) is 5.69 Å². The van der Waals surface area contributed by atoms with E-state index in [9.17, 15) is 9.59 Å². The van der Waals surface area contributed by atoms with Crippen LogP contribution in [-0.2, 0) is 9.53 Å². The van der Waals surface area contributed by atoms with Crippen LogP contribution in [0.5, 0.6) is 0 Å². The monoisotopic (exact) mass is 412 g/mol. The second kappa shape index (κ2) is 9.62. The molecule has 0 bridgehead atoms. The molecule has 2 atom stereocenters. The SMILES string of the molecule is CCCOC(=O)c1ccc(NC(=O)C[NH+](C)[C@@H](C)c2nc3ccccc3s2)cc1. The number of benzene rings is 2. The van der Waals surface area contributed by atoms with Crippen LogP contribution in [0.25, 0.3) is 10.2 Å². The Kier molecular flexibility index (Phi) is 6.95. The van der Waals surface area contributed by atoms with Crippen LogP contribution >= 0.6 is 11.3 Å². The lowest BCUT2D eigenvalue weighted by atomic mass is 10.2. The number of para-hydroxylation sites is 1. The van der Waals surface area contributed by atoms with Crippen molar-refractivity contribution in [3.05, 3.63) is 59.1 Å². The van der Waals surface area contributed by atoms with Crippen LogP contribution in [0, 0.1) is 0 Å². The molecule has 152 valence electrons. The third-order valence-corrected chi connectivity index (χ3v) is 5.92. The number of amides is 1. The topological polar surface area (TPSA) is 72.7 Å². The van der Waals surface area contributed by atoms with Gasteiger partial charge in [0.15, 0.2) is 11.6 Å². The van der Waals surface area contributed by atoms with Gasteiger partial charge in [-0.2, -0.15) is 0 Å². The van der Waals surface area contributed by atoms with Crippen molar-refractivity contribution in [2.24, 2.45) is 0 Å². The second-order valence-electron chi connectivity index (χ2n) is 7.03. The molecule has 6 nitrogen and oxygen atoms in total. The molecule has 1 aromatic heterocycles. The summed E-state index contributed by atoms with van der Waals surface area (Å²) < 4.78 is 6.26. The highest BCUT2D eigenvalue weighted by atomic mass is 32.1. The van der Waals surface area contributed by atoms with Gasteiger partial charge in [0.1, 0.15) is 6.04 Å². The van der Waals surface area contributed by atoms with Gasteiger partial charge < -0.3 is 15.0 Å². The van der Waals surface area contributed by atoms with Gasteiger partial charge in [-0.25, -0.2) is 9.78 Å². The molecule has 0 radical (unpaired) electrons. The number of nitrogens with zero attached hydrogens (tertiary/aromatic N) is 1. The van der Waals surface area contributed by atoms with Crippen LogP contribution in [0.15, 0.2) is 48.5 Å². The first-order chi connectivity index (χ1) is 14.0. The number of likely N-dealkylation sites (N-methyl/N-ethyl adjacent to an activating group) is 1. The molecule has 3 rings (SSSR count). The number of nitrogens with one attached hydrogen (secondary N) is 2. The maximum absolute atomic E-state index is 12.5. The molecule has 0 saturated carbocycles. The third-order valence-electron chi connectivity index (χ3n) is 4.70. The molecule has 29 heavy (non-hydrogen) atoms. The molecule has 0 aliphatic carbocycles. The largest absolute Gasteiger partial charge is 0.462 e. The first-order valence-electron chi connectivity index (χ1n) is 9.72. The summed E-state index contributed by atoms with van der Waals surface area (Å²) in [5.41, 5.74) is 2.13. The fourth-order valence-corrected chi connectivity index (χ4v) is 3.98. The van der Waals surface area contributed by atoms with Crippen molar-refractivity contribution in [1.29, 1.82) is 0 Å². The van der Waals surface area contributed by atoms with Crippen LogP contribution in [0.1, 0.15) is 41.7 Å². The number of aromatic nitrogens is 1. The normalized spacial score (nSPS) is 13.1. The maximum atomic E-state index is 12.5. The number of carbonyl (C=O) groups is 2.